The lowest BCUT2D eigenvalue weighted by atomic mass is 10.2. The smallest absolute Gasteiger partial charge is 0.338 e. The van der Waals surface area contributed by atoms with Gasteiger partial charge in [0, 0.05) is 0 Å². The van der Waals surface area contributed by atoms with Crippen LogP contribution in [0.2, 0.25) is 0 Å². The number of rotatable bonds is 6. The molecule has 0 radical (unpaired) electrons. The fraction of sp³-hybridized carbons (Fsp3) is 0.130. The molecule has 1 heterocycles. The number of fused-ring (bicyclic) bond motifs is 1. The Balaban J connectivity index is 1.36. The quantitative estimate of drug-likeness (QED) is 0.616. The lowest BCUT2D eigenvalue weighted by Crippen LogP contribution is -2.21. The van der Waals surface area contributed by atoms with Crippen molar-refractivity contribution in [2.45, 2.75) is 6.92 Å². The second-order valence-electron chi connectivity index (χ2n) is 6.60. The molecule has 0 saturated carbocycles. The minimum atomic E-state index is -0.632. The van der Waals surface area contributed by atoms with Gasteiger partial charge in [-0.05, 0) is 49.4 Å². The van der Waals surface area contributed by atoms with Crippen LogP contribution in [0.3, 0.4) is 0 Å². The number of benzene rings is 3. The molecule has 1 aliphatic rings. The molecule has 1 aliphatic heterocycles. The van der Waals surface area contributed by atoms with Crippen LogP contribution in [-0.4, -0.2) is 25.3 Å². The molecule has 0 saturated heterocycles. The maximum Gasteiger partial charge on any atom is 0.338 e. The summed E-state index contributed by atoms with van der Waals surface area (Å²) in [5.74, 6) is 1.05. The van der Waals surface area contributed by atoms with Crippen LogP contribution in [0.15, 0.2) is 66.7 Å². The van der Waals surface area contributed by atoms with E-state index in [1.54, 1.807) is 36.4 Å². The zero-order valence-electron chi connectivity index (χ0n) is 16.2. The van der Waals surface area contributed by atoms with Gasteiger partial charge in [0.05, 0.1) is 11.3 Å². The van der Waals surface area contributed by atoms with E-state index in [1.807, 2.05) is 31.2 Å². The minimum Gasteiger partial charge on any atom is -0.455 e. The van der Waals surface area contributed by atoms with Crippen LogP contribution >= 0.6 is 0 Å². The first-order chi connectivity index (χ1) is 14.6. The summed E-state index contributed by atoms with van der Waals surface area (Å²) in [6, 6.07) is 19.3. The summed E-state index contributed by atoms with van der Waals surface area (Å²) in [6.45, 7) is 1.66. The molecule has 0 aromatic heterocycles. The van der Waals surface area contributed by atoms with Crippen LogP contribution in [0.25, 0.3) is 0 Å². The molecule has 152 valence electrons. The monoisotopic (exact) mass is 405 g/mol. The van der Waals surface area contributed by atoms with Crippen molar-refractivity contribution in [3.63, 3.8) is 0 Å². The average molecular weight is 405 g/mol. The molecule has 30 heavy (non-hydrogen) atoms. The fourth-order valence-corrected chi connectivity index (χ4v) is 2.82. The van der Waals surface area contributed by atoms with E-state index in [-0.39, 0.29) is 12.4 Å². The molecule has 1 amide bonds. The van der Waals surface area contributed by atoms with Crippen molar-refractivity contribution in [1.29, 1.82) is 0 Å². The van der Waals surface area contributed by atoms with Gasteiger partial charge in [-0.3, -0.25) is 4.79 Å². The third kappa shape index (κ3) is 4.52. The number of carbonyl (C=O) groups is 2. The average Bonchev–Trinajstić information content (AvgIpc) is 3.23. The van der Waals surface area contributed by atoms with Gasteiger partial charge in [0.15, 0.2) is 23.9 Å². The first-order valence-corrected chi connectivity index (χ1v) is 9.29. The highest BCUT2D eigenvalue weighted by atomic mass is 16.7. The van der Waals surface area contributed by atoms with E-state index in [0.29, 0.717) is 28.7 Å². The largest absolute Gasteiger partial charge is 0.455 e. The predicted molar refractivity (Wildman–Crippen MR) is 109 cm³/mol. The number of ether oxygens (including phenoxy) is 4. The van der Waals surface area contributed by atoms with Gasteiger partial charge in [0.1, 0.15) is 5.75 Å². The lowest BCUT2D eigenvalue weighted by molar-refractivity contribution is -0.119. The number of carbonyl (C=O) groups excluding carboxylic acids is 2. The van der Waals surface area contributed by atoms with Crippen LogP contribution < -0.4 is 19.5 Å². The number of anilines is 1. The van der Waals surface area contributed by atoms with E-state index < -0.39 is 18.5 Å². The molecular formula is C23H19NO6. The SMILES string of the molecule is Cc1ccc(Oc2ccccc2NC(=O)COC(=O)c2ccc3c(c2)OCO3)cc1. The standard InChI is InChI=1S/C23H19NO6/c1-15-6-9-17(10-7-15)30-19-5-3-2-4-18(19)24-22(25)13-27-23(26)16-8-11-20-21(12-16)29-14-28-20/h2-12H,13-14H2,1H3,(H,24,25). The molecule has 0 spiro atoms. The predicted octanol–water partition coefficient (Wildman–Crippen LogP) is 4.31. The first-order valence-electron chi connectivity index (χ1n) is 9.29. The van der Waals surface area contributed by atoms with Crippen molar-refractivity contribution in [3.05, 3.63) is 77.9 Å². The summed E-state index contributed by atoms with van der Waals surface area (Å²) in [4.78, 5) is 24.5. The summed E-state index contributed by atoms with van der Waals surface area (Å²) in [5, 5.41) is 2.70. The molecule has 0 unspecified atom stereocenters. The summed E-state index contributed by atoms with van der Waals surface area (Å²) in [6.07, 6.45) is 0. The maximum atomic E-state index is 12.3. The fourth-order valence-electron chi connectivity index (χ4n) is 2.82. The van der Waals surface area contributed by atoms with Gasteiger partial charge in [-0.25, -0.2) is 4.79 Å². The van der Waals surface area contributed by atoms with Crippen molar-refractivity contribution in [2.75, 3.05) is 18.7 Å². The van der Waals surface area contributed by atoms with Crippen molar-refractivity contribution < 1.29 is 28.5 Å². The van der Waals surface area contributed by atoms with E-state index in [0.717, 1.165) is 5.56 Å². The van der Waals surface area contributed by atoms with Gasteiger partial charge in [0.2, 0.25) is 6.79 Å². The van der Waals surface area contributed by atoms with Crippen molar-refractivity contribution in [1.82, 2.24) is 0 Å². The molecule has 0 atom stereocenters. The van der Waals surface area contributed by atoms with Crippen molar-refractivity contribution in [3.8, 4) is 23.0 Å². The maximum absolute atomic E-state index is 12.3. The van der Waals surface area contributed by atoms with Gasteiger partial charge in [0.25, 0.3) is 5.91 Å². The summed E-state index contributed by atoms with van der Waals surface area (Å²) < 4.78 is 21.4. The topological polar surface area (TPSA) is 83.1 Å². The Morgan fingerprint density at radius 3 is 2.57 bits per heavy atom. The molecule has 4 rings (SSSR count). The van der Waals surface area contributed by atoms with Crippen LogP contribution in [0, 0.1) is 6.92 Å². The van der Waals surface area contributed by atoms with Gasteiger partial charge in [-0.15, -0.1) is 0 Å². The molecule has 0 bridgehead atoms. The molecule has 1 N–H and O–H groups in total. The number of esters is 1. The highest BCUT2D eigenvalue weighted by Gasteiger charge is 2.18. The molecule has 3 aromatic rings. The summed E-state index contributed by atoms with van der Waals surface area (Å²) in [7, 11) is 0. The van der Waals surface area contributed by atoms with Gasteiger partial charge in [-0.1, -0.05) is 29.8 Å². The van der Waals surface area contributed by atoms with Crippen LogP contribution in [0.1, 0.15) is 15.9 Å². The van der Waals surface area contributed by atoms with E-state index in [4.69, 9.17) is 18.9 Å². The number of nitrogens with one attached hydrogen (secondary N) is 1. The Labute approximate surface area is 173 Å². The minimum absolute atomic E-state index is 0.111. The van der Waals surface area contributed by atoms with E-state index in [2.05, 4.69) is 5.32 Å². The molecule has 7 heteroatoms. The third-order valence-electron chi connectivity index (χ3n) is 4.35. The number of para-hydroxylation sites is 2. The second kappa shape index (κ2) is 8.57. The lowest BCUT2D eigenvalue weighted by Gasteiger charge is -2.12. The third-order valence-corrected chi connectivity index (χ3v) is 4.35. The molecular weight excluding hydrogens is 386 g/mol. The normalized spacial score (nSPS) is 11.6. The molecule has 0 fully saturated rings. The summed E-state index contributed by atoms with van der Waals surface area (Å²) >= 11 is 0. The van der Waals surface area contributed by atoms with Crippen LogP contribution in [-0.2, 0) is 9.53 Å². The number of hydrogen-bond donors (Lipinski definition) is 1. The zero-order valence-corrected chi connectivity index (χ0v) is 16.2. The van der Waals surface area contributed by atoms with E-state index in [1.165, 1.54) is 6.07 Å². The number of hydrogen-bond acceptors (Lipinski definition) is 6. The number of aryl methyl sites for hydroxylation is 1. The zero-order chi connectivity index (χ0) is 20.9. The van der Waals surface area contributed by atoms with Crippen LogP contribution in [0.4, 0.5) is 5.69 Å². The van der Waals surface area contributed by atoms with Gasteiger partial charge in [-0.2, -0.15) is 0 Å². The van der Waals surface area contributed by atoms with Crippen LogP contribution in [0.5, 0.6) is 23.0 Å². The van der Waals surface area contributed by atoms with Gasteiger partial charge < -0.3 is 24.3 Å². The Kier molecular flexibility index (Phi) is 5.52. The van der Waals surface area contributed by atoms with Gasteiger partial charge >= 0.3 is 5.97 Å². The number of amides is 1. The highest BCUT2D eigenvalue weighted by Crippen LogP contribution is 2.33. The second-order valence-corrected chi connectivity index (χ2v) is 6.60. The summed E-state index contributed by atoms with van der Waals surface area (Å²) in [5.41, 5.74) is 1.87. The molecule has 0 aliphatic carbocycles. The Hall–Kier alpha value is -4.00. The molecule has 7 nitrogen and oxygen atoms in total. The Bertz CT molecular complexity index is 1080. The van der Waals surface area contributed by atoms with Crippen molar-refractivity contribution >= 4 is 17.6 Å². The van der Waals surface area contributed by atoms with E-state index >= 15 is 0 Å². The Morgan fingerprint density at radius 2 is 1.73 bits per heavy atom. The first kappa shape index (κ1) is 19.3. The van der Waals surface area contributed by atoms with E-state index in [9.17, 15) is 9.59 Å². The molecule has 3 aromatic carbocycles. The highest BCUT2D eigenvalue weighted by molar-refractivity contribution is 5.96. The van der Waals surface area contributed by atoms with Crippen molar-refractivity contribution in [2.24, 2.45) is 0 Å². The Morgan fingerprint density at radius 1 is 0.967 bits per heavy atom.